The van der Waals surface area contributed by atoms with Crippen LogP contribution >= 0.6 is 0 Å². The molecule has 0 saturated carbocycles. The monoisotopic (exact) mass is 235 g/mol. The lowest BCUT2D eigenvalue weighted by Gasteiger charge is -2.18. The van der Waals surface area contributed by atoms with Gasteiger partial charge in [0, 0.05) is 5.56 Å². The van der Waals surface area contributed by atoms with E-state index in [1.165, 1.54) is 0 Å². The van der Waals surface area contributed by atoms with Crippen LogP contribution in [0.4, 0.5) is 0 Å². The highest BCUT2D eigenvalue weighted by atomic mass is 16.5. The lowest BCUT2D eigenvalue weighted by molar-refractivity contribution is 0.0279. The summed E-state index contributed by atoms with van der Waals surface area (Å²) in [6.07, 6.45) is 3.55. The fourth-order valence-electron chi connectivity index (χ4n) is 1.49. The first kappa shape index (κ1) is 11.9. The molecule has 2 rings (SSSR count). The van der Waals surface area contributed by atoms with Gasteiger partial charge in [0.2, 0.25) is 0 Å². The van der Waals surface area contributed by atoms with Gasteiger partial charge in [-0.15, -0.1) is 0 Å². The number of fused-ring (bicyclic) bond motifs is 1. The summed E-state index contributed by atoms with van der Waals surface area (Å²) in [6, 6.07) is 0. The van der Waals surface area contributed by atoms with Gasteiger partial charge in [-0.25, -0.2) is 9.50 Å². The standard InChI is InChI=1S/C12H17N3O2/c1-8-5-13-15-6-10(9(2)14-11(8)15)17-7-12(3,4)16/h5-6,16H,7H2,1-4H3. The zero-order chi connectivity index (χ0) is 12.6. The van der Waals surface area contributed by atoms with Gasteiger partial charge >= 0.3 is 0 Å². The minimum atomic E-state index is -0.860. The molecule has 5 nitrogen and oxygen atoms in total. The van der Waals surface area contributed by atoms with E-state index in [9.17, 15) is 5.11 Å². The second-order valence-corrected chi connectivity index (χ2v) is 4.89. The van der Waals surface area contributed by atoms with Crippen molar-refractivity contribution >= 4 is 5.65 Å². The Kier molecular flexibility index (Phi) is 2.79. The van der Waals surface area contributed by atoms with E-state index in [1.807, 2.05) is 13.8 Å². The molecule has 0 amide bonds. The first-order chi connectivity index (χ1) is 7.87. The van der Waals surface area contributed by atoms with E-state index in [4.69, 9.17) is 4.74 Å². The van der Waals surface area contributed by atoms with E-state index in [2.05, 4.69) is 10.1 Å². The molecule has 1 N–H and O–H groups in total. The molecule has 0 spiro atoms. The van der Waals surface area contributed by atoms with Gasteiger partial charge < -0.3 is 9.84 Å². The second kappa shape index (κ2) is 4.00. The van der Waals surface area contributed by atoms with E-state index in [1.54, 1.807) is 30.8 Å². The summed E-state index contributed by atoms with van der Waals surface area (Å²) >= 11 is 0. The number of hydrogen-bond acceptors (Lipinski definition) is 4. The molecule has 0 aliphatic rings. The molecule has 2 aromatic heterocycles. The van der Waals surface area contributed by atoms with E-state index in [-0.39, 0.29) is 6.61 Å². The van der Waals surface area contributed by atoms with Crippen LogP contribution in [0, 0.1) is 13.8 Å². The second-order valence-electron chi connectivity index (χ2n) is 4.89. The van der Waals surface area contributed by atoms with Gasteiger partial charge in [-0.3, -0.25) is 0 Å². The van der Waals surface area contributed by atoms with E-state index >= 15 is 0 Å². The Labute approximate surface area is 100 Å². The minimum Gasteiger partial charge on any atom is -0.487 e. The maximum absolute atomic E-state index is 9.62. The number of aryl methyl sites for hydroxylation is 2. The molecule has 0 aromatic carbocycles. The van der Waals surface area contributed by atoms with Gasteiger partial charge in [-0.2, -0.15) is 5.10 Å². The van der Waals surface area contributed by atoms with E-state index < -0.39 is 5.60 Å². The number of rotatable bonds is 3. The molecule has 0 fully saturated rings. The maximum Gasteiger partial charge on any atom is 0.159 e. The van der Waals surface area contributed by atoms with Crippen molar-refractivity contribution in [3.63, 3.8) is 0 Å². The Morgan fingerprint density at radius 2 is 2.12 bits per heavy atom. The fraction of sp³-hybridized carbons (Fsp3) is 0.500. The predicted octanol–water partition coefficient (Wildman–Crippen LogP) is 1.50. The van der Waals surface area contributed by atoms with Crippen LogP contribution in [0.2, 0.25) is 0 Å². The van der Waals surface area contributed by atoms with Gasteiger partial charge in [-0.05, 0) is 27.7 Å². The number of aliphatic hydroxyl groups is 1. The smallest absolute Gasteiger partial charge is 0.159 e. The minimum absolute atomic E-state index is 0.223. The van der Waals surface area contributed by atoms with E-state index in [0.29, 0.717) is 5.75 Å². The lowest BCUT2D eigenvalue weighted by Crippen LogP contribution is -2.28. The number of ether oxygens (including phenoxy) is 1. The largest absolute Gasteiger partial charge is 0.487 e. The van der Waals surface area contributed by atoms with Crippen molar-refractivity contribution in [2.24, 2.45) is 0 Å². The molecular formula is C12H17N3O2. The Morgan fingerprint density at radius 1 is 1.41 bits per heavy atom. The average Bonchev–Trinajstić information content (AvgIpc) is 2.56. The Morgan fingerprint density at radius 3 is 2.76 bits per heavy atom. The third kappa shape index (κ3) is 2.55. The summed E-state index contributed by atoms with van der Waals surface area (Å²) in [5.41, 5.74) is 1.80. The molecule has 0 aliphatic heterocycles. The van der Waals surface area contributed by atoms with Crippen LogP contribution in [0.1, 0.15) is 25.1 Å². The van der Waals surface area contributed by atoms with Crippen molar-refractivity contribution in [2.45, 2.75) is 33.3 Å². The average molecular weight is 235 g/mol. The molecule has 2 heterocycles. The molecule has 0 bridgehead atoms. The van der Waals surface area contributed by atoms with Crippen molar-refractivity contribution in [1.29, 1.82) is 0 Å². The van der Waals surface area contributed by atoms with Crippen LogP contribution in [0.5, 0.6) is 5.75 Å². The quantitative estimate of drug-likeness (QED) is 0.875. The van der Waals surface area contributed by atoms with Gasteiger partial charge in [0.25, 0.3) is 0 Å². The zero-order valence-electron chi connectivity index (χ0n) is 10.6. The Hall–Kier alpha value is -1.62. The molecule has 0 atom stereocenters. The van der Waals surface area contributed by atoms with Crippen molar-refractivity contribution in [1.82, 2.24) is 14.6 Å². The molecule has 5 heteroatoms. The van der Waals surface area contributed by atoms with Crippen LogP contribution < -0.4 is 4.74 Å². The van der Waals surface area contributed by atoms with Crippen LogP contribution in [-0.2, 0) is 0 Å². The predicted molar refractivity (Wildman–Crippen MR) is 64.3 cm³/mol. The summed E-state index contributed by atoms with van der Waals surface area (Å²) < 4.78 is 7.23. The summed E-state index contributed by atoms with van der Waals surface area (Å²) in [5.74, 6) is 0.641. The molecule has 2 aromatic rings. The highest BCUT2D eigenvalue weighted by Crippen LogP contribution is 2.19. The van der Waals surface area contributed by atoms with Crippen LogP contribution in [0.15, 0.2) is 12.4 Å². The summed E-state index contributed by atoms with van der Waals surface area (Å²) in [7, 11) is 0. The first-order valence-electron chi connectivity index (χ1n) is 5.53. The summed E-state index contributed by atoms with van der Waals surface area (Å²) in [4.78, 5) is 4.43. The molecular weight excluding hydrogens is 218 g/mol. The third-order valence-corrected chi connectivity index (χ3v) is 2.40. The SMILES string of the molecule is Cc1nc2c(C)cnn2cc1OCC(C)(C)O. The molecule has 0 aliphatic carbocycles. The maximum atomic E-state index is 9.62. The topological polar surface area (TPSA) is 59.7 Å². The Bertz CT molecular complexity index is 540. The molecule has 17 heavy (non-hydrogen) atoms. The van der Waals surface area contributed by atoms with Crippen LogP contribution in [0.3, 0.4) is 0 Å². The summed E-state index contributed by atoms with van der Waals surface area (Å²) in [6.45, 7) is 7.47. The lowest BCUT2D eigenvalue weighted by atomic mass is 10.2. The number of aromatic nitrogens is 3. The Balaban J connectivity index is 2.32. The van der Waals surface area contributed by atoms with Crippen molar-refractivity contribution in [3.05, 3.63) is 23.7 Å². The first-order valence-corrected chi connectivity index (χ1v) is 5.53. The molecule has 0 unspecified atom stereocenters. The van der Waals surface area contributed by atoms with Crippen molar-refractivity contribution in [3.8, 4) is 5.75 Å². The van der Waals surface area contributed by atoms with Crippen LogP contribution in [-0.4, -0.2) is 31.9 Å². The third-order valence-electron chi connectivity index (χ3n) is 2.40. The van der Waals surface area contributed by atoms with E-state index in [0.717, 1.165) is 16.9 Å². The molecule has 0 saturated heterocycles. The van der Waals surface area contributed by atoms with Crippen molar-refractivity contribution in [2.75, 3.05) is 6.61 Å². The number of nitrogens with zero attached hydrogens (tertiary/aromatic N) is 3. The highest BCUT2D eigenvalue weighted by molar-refractivity contribution is 5.47. The summed E-state index contributed by atoms with van der Waals surface area (Å²) in [5, 5.41) is 13.8. The highest BCUT2D eigenvalue weighted by Gasteiger charge is 2.15. The van der Waals surface area contributed by atoms with Crippen molar-refractivity contribution < 1.29 is 9.84 Å². The fourth-order valence-corrected chi connectivity index (χ4v) is 1.49. The van der Waals surface area contributed by atoms with Gasteiger partial charge in [0.15, 0.2) is 11.4 Å². The zero-order valence-corrected chi connectivity index (χ0v) is 10.6. The van der Waals surface area contributed by atoms with Crippen LogP contribution in [0.25, 0.3) is 5.65 Å². The van der Waals surface area contributed by atoms with Gasteiger partial charge in [0.05, 0.1) is 23.7 Å². The number of hydrogen-bond donors (Lipinski definition) is 1. The normalized spacial score (nSPS) is 12.1. The molecule has 0 radical (unpaired) electrons. The molecule has 92 valence electrons. The van der Waals surface area contributed by atoms with Gasteiger partial charge in [0.1, 0.15) is 6.61 Å². The van der Waals surface area contributed by atoms with Gasteiger partial charge in [-0.1, -0.05) is 0 Å².